The van der Waals surface area contributed by atoms with Crippen LogP contribution in [0.5, 0.6) is 0 Å². The van der Waals surface area contributed by atoms with Crippen molar-refractivity contribution in [3.63, 3.8) is 0 Å². The molecular formula is C14H20N2O. The van der Waals surface area contributed by atoms with Gasteiger partial charge in [-0.25, -0.2) is 0 Å². The molecule has 92 valence electrons. The van der Waals surface area contributed by atoms with Gasteiger partial charge in [-0.05, 0) is 50.4 Å². The van der Waals surface area contributed by atoms with E-state index in [0.29, 0.717) is 17.3 Å². The summed E-state index contributed by atoms with van der Waals surface area (Å²) in [5, 5.41) is 0. The summed E-state index contributed by atoms with van der Waals surface area (Å²) >= 11 is 0. The van der Waals surface area contributed by atoms with E-state index in [9.17, 15) is 4.79 Å². The van der Waals surface area contributed by atoms with Crippen molar-refractivity contribution in [2.24, 2.45) is 0 Å². The van der Waals surface area contributed by atoms with E-state index in [2.05, 4.69) is 11.8 Å². The van der Waals surface area contributed by atoms with Crippen molar-refractivity contribution in [1.82, 2.24) is 4.90 Å². The summed E-state index contributed by atoms with van der Waals surface area (Å²) in [6.45, 7) is 4.56. The molecule has 3 nitrogen and oxygen atoms in total. The highest BCUT2D eigenvalue weighted by atomic mass is 16.1. The highest BCUT2D eigenvalue weighted by Crippen LogP contribution is 2.18. The predicted octanol–water partition coefficient (Wildman–Crippen LogP) is 2.11. The minimum Gasteiger partial charge on any atom is -0.398 e. The highest BCUT2D eigenvalue weighted by Gasteiger charge is 2.19. The van der Waals surface area contributed by atoms with Gasteiger partial charge in [0, 0.05) is 23.8 Å². The van der Waals surface area contributed by atoms with Gasteiger partial charge in [0.15, 0.2) is 6.29 Å². The smallest absolute Gasteiger partial charge is 0.152 e. The molecule has 1 aliphatic heterocycles. The fraction of sp³-hybridized carbons (Fsp3) is 0.500. The number of likely N-dealkylation sites (tertiary alicyclic amines) is 1. The number of nitrogens with two attached hydrogens (primary N) is 1. The molecule has 0 spiro atoms. The third-order valence-electron chi connectivity index (χ3n) is 3.66. The summed E-state index contributed by atoms with van der Waals surface area (Å²) in [4.78, 5) is 13.3. The fourth-order valence-corrected chi connectivity index (χ4v) is 2.48. The lowest BCUT2D eigenvalue weighted by Gasteiger charge is -2.20. The summed E-state index contributed by atoms with van der Waals surface area (Å²) in [5.74, 6) is 0. The topological polar surface area (TPSA) is 46.3 Å². The van der Waals surface area contributed by atoms with Crippen LogP contribution in [0.3, 0.4) is 0 Å². The first-order valence-electron chi connectivity index (χ1n) is 6.28. The van der Waals surface area contributed by atoms with E-state index < -0.39 is 0 Å². The maximum absolute atomic E-state index is 10.8. The number of hydrogen-bond acceptors (Lipinski definition) is 3. The van der Waals surface area contributed by atoms with Gasteiger partial charge in [-0.2, -0.15) is 0 Å². The van der Waals surface area contributed by atoms with E-state index in [0.717, 1.165) is 19.3 Å². The van der Waals surface area contributed by atoms with E-state index in [1.165, 1.54) is 24.9 Å². The number of anilines is 1. The number of carbonyl (C=O) groups excluding carboxylic acids is 1. The number of hydrogen-bond donors (Lipinski definition) is 1. The summed E-state index contributed by atoms with van der Waals surface area (Å²) in [7, 11) is 0. The van der Waals surface area contributed by atoms with Gasteiger partial charge in [-0.15, -0.1) is 0 Å². The van der Waals surface area contributed by atoms with Crippen LogP contribution in [-0.2, 0) is 6.42 Å². The lowest BCUT2D eigenvalue weighted by molar-refractivity contribution is 0.112. The van der Waals surface area contributed by atoms with Crippen LogP contribution in [0.1, 0.15) is 35.7 Å². The average molecular weight is 232 g/mol. The minimum atomic E-state index is 0.568. The first kappa shape index (κ1) is 12.1. The van der Waals surface area contributed by atoms with Gasteiger partial charge < -0.3 is 10.6 Å². The van der Waals surface area contributed by atoms with Gasteiger partial charge in [0.1, 0.15) is 0 Å². The van der Waals surface area contributed by atoms with Crippen LogP contribution < -0.4 is 5.73 Å². The molecule has 0 radical (unpaired) electrons. The average Bonchev–Trinajstić information content (AvgIpc) is 2.74. The normalized spacial score (nSPS) is 20.6. The Morgan fingerprint density at radius 1 is 1.53 bits per heavy atom. The van der Waals surface area contributed by atoms with E-state index in [-0.39, 0.29) is 0 Å². The van der Waals surface area contributed by atoms with Crippen LogP contribution in [-0.4, -0.2) is 30.3 Å². The second kappa shape index (κ2) is 5.32. The first-order chi connectivity index (χ1) is 8.20. The molecule has 1 aromatic carbocycles. The lowest BCUT2D eigenvalue weighted by Crippen LogP contribution is -2.28. The van der Waals surface area contributed by atoms with Crippen LogP contribution >= 0.6 is 0 Å². The Hall–Kier alpha value is -1.35. The second-order valence-corrected chi connectivity index (χ2v) is 4.86. The van der Waals surface area contributed by atoms with Crippen molar-refractivity contribution in [1.29, 1.82) is 0 Å². The molecule has 0 bridgehead atoms. The van der Waals surface area contributed by atoms with Gasteiger partial charge in [0.05, 0.1) is 0 Å². The van der Waals surface area contributed by atoms with Crippen molar-refractivity contribution < 1.29 is 4.79 Å². The minimum absolute atomic E-state index is 0.568. The summed E-state index contributed by atoms with van der Waals surface area (Å²) in [6, 6.07) is 6.45. The maximum Gasteiger partial charge on any atom is 0.152 e. The summed E-state index contributed by atoms with van der Waals surface area (Å²) < 4.78 is 0. The zero-order valence-electron chi connectivity index (χ0n) is 10.4. The SMILES string of the molecule is CC1CCCN1CCc1ccc(N)c(C=O)c1. The zero-order valence-corrected chi connectivity index (χ0v) is 10.4. The van der Waals surface area contributed by atoms with Crippen LogP contribution in [0.2, 0.25) is 0 Å². The summed E-state index contributed by atoms with van der Waals surface area (Å²) in [6.07, 6.45) is 4.44. The maximum atomic E-state index is 10.8. The number of carbonyl (C=O) groups is 1. The molecule has 1 saturated heterocycles. The molecule has 1 atom stereocenters. The van der Waals surface area contributed by atoms with Crippen molar-refractivity contribution in [3.05, 3.63) is 29.3 Å². The molecule has 1 unspecified atom stereocenters. The Morgan fingerprint density at radius 3 is 3.00 bits per heavy atom. The molecule has 2 rings (SSSR count). The molecule has 0 amide bonds. The first-order valence-corrected chi connectivity index (χ1v) is 6.28. The molecule has 1 aromatic rings. The van der Waals surface area contributed by atoms with E-state index in [4.69, 9.17) is 5.73 Å². The molecule has 1 heterocycles. The quantitative estimate of drug-likeness (QED) is 0.639. The van der Waals surface area contributed by atoms with E-state index in [1.54, 1.807) is 0 Å². The largest absolute Gasteiger partial charge is 0.398 e. The lowest BCUT2D eigenvalue weighted by atomic mass is 10.1. The van der Waals surface area contributed by atoms with Crippen LogP contribution in [0.15, 0.2) is 18.2 Å². The Bertz CT molecular complexity index is 403. The monoisotopic (exact) mass is 232 g/mol. The second-order valence-electron chi connectivity index (χ2n) is 4.86. The van der Waals surface area contributed by atoms with Crippen molar-refractivity contribution >= 4 is 12.0 Å². The molecule has 17 heavy (non-hydrogen) atoms. The Morgan fingerprint density at radius 2 is 2.35 bits per heavy atom. The fourth-order valence-electron chi connectivity index (χ4n) is 2.48. The molecule has 0 saturated carbocycles. The van der Waals surface area contributed by atoms with Gasteiger partial charge in [0.25, 0.3) is 0 Å². The number of benzene rings is 1. The van der Waals surface area contributed by atoms with Crippen LogP contribution in [0.25, 0.3) is 0 Å². The predicted molar refractivity (Wildman–Crippen MR) is 70.2 cm³/mol. The molecule has 0 aromatic heterocycles. The van der Waals surface area contributed by atoms with Crippen LogP contribution in [0.4, 0.5) is 5.69 Å². The molecule has 1 fully saturated rings. The van der Waals surface area contributed by atoms with E-state index in [1.807, 2.05) is 18.2 Å². The number of nitrogen functional groups attached to an aromatic ring is 1. The third-order valence-corrected chi connectivity index (χ3v) is 3.66. The van der Waals surface area contributed by atoms with Gasteiger partial charge in [-0.3, -0.25) is 4.79 Å². The van der Waals surface area contributed by atoms with Gasteiger partial charge in [-0.1, -0.05) is 6.07 Å². The summed E-state index contributed by atoms with van der Waals surface area (Å²) in [5.41, 5.74) is 8.07. The molecule has 2 N–H and O–H groups in total. The van der Waals surface area contributed by atoms with Gasteiger partial charge >= 0.3 is 0 Å². The molecule has 1 aliphatic rings. The standard InChI is InChI=1S/C14H20N2O/c1-11-3-2-7-16(11)8-6-12-4-5-14(15)13(9-12)10-17/h4-5,9-11H,2-3,6-8,15H2,1H3. The Balaban J connectivity index is 1.96. The van der Waals surface area contributed by atoms with Gasteiger partial charge in [0.2, 0.25) is 0 Å². The van der Waals surface area contributed by atoms with Crippen LogP contribution in [0, 0.1) is 0 Å². The van der Waals surface area contributed by atoms with Crippen molar-refractivity contribution in [3.8, 4) is 0 Å². The van der Waals surface area contributed by atoms with E-state index >= 15 is 0 Å². The highest BCUT2D eigenvalue weighted by molar-refractivity contribution is 5.83. The number of nitrogens with zero attached hydrogens (tertiary/aromatic N) is 1. The molecule has 3 heteroatoms. The zero-order chi connectivity index (χ0) is 12.3. The molecular weight excluding hydrogens is 212 g/mol. The molecule has 0 aliphatic carbocycles. The Labute approximate surface area is 103 Å². The Kier molecular flexibility index (Phi) is 3.79. The van der Waals surface area contributed by atoms with Crippen molar-refractivity contribution in [2.45, 2.75) is 32.2 Å². The third kappa shape index (κ3) is 2.86. The van der Waals surface area contributed by atoms with Crippen molar-refractivity contribution in [2.75, 3.05) is 18.8 Å². The number of rotatable bonds is 4. The number of aldehydes is 1.